The molecule has 0 fully saturated rings. The summed E-state index contributed by atoms with van der Waals surface area (Å²) in [4.78, 5) is 23.4. The summed E-state index contributed by atoms with van der Waals surface area (Å²) in [5.74, 6) is -1.12. The molecule has 0 spiro atoms. The summed E-state index contributed by atoms with van der Waals surface area (Å²) in [6.45, 7) is 1.89. The number of aromatic carboxylic acids is 1. The van der Waals surface area contributed by atoms with Gasteiger partial charge in [0.05, 0.1) is 23.9 Å². The summed E-state index contributed by atoms with van der Waals surface area (Å²) in [6, 6.07) is 11.4. The predicted molar refractivity (Wildman–Crippen MR) is 79.1 cm³/mol. The molecule has 0 saturated heterocycles. The number of carbonyl (C=O) groups is 2. The number of carboxylic acids is 1. The van der Waals surface area contributed by atoms with Crippen molar-refractivity contribution in [3.8, 4) is 5.75 Å². The number of anilines is 1. The van der Waals surface area contributed by atoms with E-state index in [-0.39, 0.29) is 11.1 Å². The SMILES string of the molecule is COc1ccc(C)cc1NC(=O)c1ccccc1C(=O)O. The van der Waals surface area contributed by atoms with Gasteiger partial charge in [0.25, 0.3) is 5.91 Å². The fourth-order valence-corrected chi connectivity index (χ4v) is 1.98. The molecule has 1 amide bonds. The second kappa shape index (κ2) is 6.09. The lowest BCUT2D eigenvalue weighted by Gasteiger charge is -2.12. The van der Waals surface area contributed by atoms with Gasteiger partial charge in [-0.3, -0.25) is 4.79 Å². The zero-order valence-corrected chi connectivity index (χ0v) is 11.7. The maximum atomic E-state index is 12.3. The number of aryl methyl sites for hydroxylation is 1. The zero-order chi connectivity index (χ0) is 15.4. The Morgan fingerprint density at radius 2 is 1.76 bits per heavy atom. The van der Waals surface area contributed by atoms with Crippen LogP contribution in [0.5, 0.6) is 5.75 Å². The Labute approximate surface area is 122 Å². The fourth-order valence-electron chi connectivity index (χ4n) is 1.98. The van der Waals surface area contributed by atoms with Crippen LogP contribution >= 0.6 is 0 Å². The number of hydrogen-bond acceptors (Lipinski definition) is 3. The third-order valence-electron chi connectivity index (χ3n) is 3.01. The van der Waals surface area contributed by atoms with Crippen molar-refractivity contribution in [2.24, 2.45) is 0 Å². The van der Waals surface area contributed by atoms with E-state index in [9.17, 15) is 9.59 Å². The molecule has 0 aromatic heterocycles. The molecule has 5 heteroatoms. The van der Waals surface area contributed by atoms with E-state index >= 15 is 0 Å². The average Bonchev–Trinajstić information content (AvgIpc) is 2.47. The third kappa shape index (κ3) is 3.20. The molecule has 0 heterocycles. The molecule has 0 unspecified atom stereocenters. The van der Waals surface area contributed by atoms with Gasteiger partial charge in [0.2, 0.25) is 0 Å². The van der Waals surface area contributed by atoms with Crippen molar-refractivity contribution in [2.45, 2.75) is 6.92 Å². The molecule has 0 aliphatic heterocycles. The lowest BCUT2D eigenvalue weighted by atomic mass is 10.1. The van der Waals surface area contributed by atoms with Gasteiger partial charge in [0, 0.05) is 0 Å². The molecular weight excluding hydrogens is 270 g/mol. The molecular formula is C16H15NO4. The Kier molecular flexibility index (Phi) is 4.23. The van der Waals surface area contributed by atoms with Crippen LogP contribution in [0.4, 0.5) is 5.69 Å². The van der Waals surface area contributed by atoms with Gasteiger partial charge in [-0.2, -0.15) is 0 Å². The van der Waals surface area contributed by atoms with Gasteiger partial charge in [-0.1, -0.05) is 18.2 Å². The zero-order valence-electron chi connectivity index (χ0n) is 11.7. The molecule has 0 radical (unpaired) electrons. The molecule has 108 valence electrons. The molecule has 2 aromatic rings. The van der Waals surface area contributed by atoms with Crippen LogP contribution in [-0.4, -0.2) is 24.1 Å². The summed E-state index contributed by atoms with van der Waals surface area (Å²) >= 11 is 0. The van der Waals surface area contributed by atoms with Crippen LogP contribution < -0.4 is 10.1 Å². The number of methoxy groups -OCH3 is 1. The first-order chi connectivity index (χ1) is 10.0. The smallest absolute Gasteiger partial charge is 0.336 e. The highest BCUT2D eigenvalue weighted by Crippen LogP contribution is 2.26. The normalized spacial score (nSPS) is 10.0. The number of benzene rings is 2. The monoisotopic (exact) mass is 285 g/mol. The van der Waals surface area contributed by atoms with E-state index in [2.05, 4.69) is 5.32 Å². The molecule has 0 bridgehead atoms. The summed E-state index contributed by atoms with van der Waals surface area (Å²) in [7, 11) is 1.51. The minimum Gasteiger partial charge on any atom is -0.495 e. The molecule has 2 N–H and O–H groups in total. The number of ether oxygens (including phenoxy) is 1. The van der Waals surface area contributed by atoms with Crippen LogP contribution in [-0.2, 0) is 0 Å². The van der Waals surface area contributed by atoms with Gasteiger partial charge in [0.1, 0.15) is 5.75 Å². The van der Waals surface area contributed by atoms with Crippen molar-refractivity contribution >= 4 is 17.6 Å². The van der Waals surface area contributed by atoms with Gasteiger partial charge in [0.15, 0.2) is 0 Å². The number of rotatable bonds is 4. The van der Waals surface area contributed by atoms with Gasteiger partial charge in [-0.05, 0) is 36.8 Å². The summed E-state index contributed by atoms with van der Waals surface area (Å²) in [5.41, 5.74) is 1.52. The Morgan fingerprint density at radius 3 is 2.38 bits per heavy atom. The first kappa shape index (κ1) is 14.6. The van der Waals surface area contributed by atoms with E-state index in [1.807, 2.05) is 13.0 Å². The summed E-state index contributed by atoms with van der Waals surface area (Å²) in [6.07, 6.45) is 0. The Hall–Kier alpha value is -2.82. The molecule has 0 saturated carbocycles. The number of amides is 1. The Balaban J connectivity index is 2.35. The summed E-state index contributed by atoms with van der Waals surface area (Å²) < 4.78 is 5.18. The van der Waals surface area contributed by atoms with E-state index in [1.54, 1.807) is 24.3 Å². The number of carbonyl (C=O) groups excluding carboxylic acids is 1. The molecule has 0 aliphatic rings. The largest absolute Gasteiger partial charge is 0.495 e. The molecule has 2 aromatic carbocycles. The minimum absolute atomic E-state index is 0.0402. The Morgan fingerprint density at radius 1 is 1.10 bits per heavy atom. The minimum atomic E-state index is -1.14. The van der Waals surface area contributed by atoms with Gasteiger partial charge in [-0.25, -0.2) is 4.79 Å². The first-order valence-corrected chi connectivity index (χ1v) is 6.31. The highest BCUT2D eigenvalue weighted by atomic mass is 16.5. The van der Waals surface area contributed by atoms with E-state index in [0.29, 0.717) is 11.4 Å². The third-order valence-corrected chi connectivity index (χ3v) is 3.01. The number of hydrogen-bond donors (Lipinski definition) is 2. The second-order valence-electron chi connectivity index (χ2n) is 4.51. The summed E-state index contributed by atoms with van der Waals surface area (Å²) in [5, 5.41) is 11.8. The van der Waals surface area contributed by atoms with Crippen molar-refractivity contribution in [2.75, 3.05) is 12.4 Å². The van der Waals surface area contributed by atoms with E-state index < -0.39 is 11.9 Å². The maximum Gasteiger partial charge on any atom is 0.336 e. The number of nitrogens with one attached hydrogen (secondary N) is 1. The van der Waals surface area contributed by atoms with Gasteiger partial charge < -0.3 is 15.2 Å². The van der Waals surface area contributed by atoms with Crippen LogP contribution in [0.15, 0.2) is 42.5 Å². The number of carboxylic acid groups (broad SMARTS) is 1. The molecule has 5 nitrogen and oxygen atoms in total. The van der Waals surface area contributed by atoms with Crippen LogP contribution in [0.25, 0.3) is 0 Å². The van der Waals surface area contributed by atoms with Crippen LogP contribution in [0, 0.1) is 6.92 Å². The van der Waals surface area contributed by atoms with E-state index in [4.69, 9.17) is 9.84 Å². The maximum absolute atomic E-state index is 12.3. The lowest BCUT2D eigenvalue weighted by molar-refractivity contribution is 0.0692. The molecule has 2 rings (SSSR count). The second-order valence-corrected chi connectivity index (χ2v) is 4.51. The first-order valence-electron chi connectivity index (χ1n) is 6.31. The van der Waals surface area contributed by atoms with E-state index in [1.165, 1.54) is 19.2 Å². The quantitative estimate of drug-likeness (QED) is 0.905. The van der Waals surface area contributed by atoms with Gasteiger partial charge >= 0.3 is 5.97 Å². The van der Waals surface area contributed by atoms with Crippen molar-refractivity contribution in [1.29, 1.82) is 0 Å². The van der Waals surface area contributed by atoms with Crippen molar-refractivity contribution in [1.82, 2.24) is 0 Å². The Bertz CT molecular complexity index is 694. The van der Waals surface area contributed by atoms with Crippen molar-refractivity contribution in [3.05, 3.63) is 59.2 Å². The average molecular weight is 285 g/mol. The molecule has 0 atom stereocenters. The highest BCUT2D eigenvalue weighted by molar-refractivity contribution is 6.11. The van der Waals surface area contributed by atoms with Gasteiger partial charge in [-0.15, -0.1) is 0 Å². The fraction of sp³-hybridized carbons (Fsp3) is 0.125. The van der Waals surface area contributed by atoms with E-state index in [0.717, 1.165) is 5.56 Å². The van der Waals surface area contributed by atoms with Crippen LogP contribution in [0.2, 0.25) is 0 Å². The highest BCUT2D eigenvalue weighted by Gasteiger charge is 2.17. The lowest BCUT2D eigenvalue weighted by Crippen LogP contribution is -2.16. The molecule has 0 aliphatic carbocycles. The van der Waals surface area contributed by atoms with Crippen molar-refractivity contribution < 1.29 is 19.4 Å². The standard InChI is InChI=1S/C16H15NO4/c1-10-7-8-14(21-2)13(9-10)17-15(18)11-5-3-4-6-12(11)16(19)20/h3-9H,1-2H3,(H,17,18)(H,19,20). The predicted octanol–water partition coefficient (Wildman–Crippen LogP) is 2.95. The van der Waals surface area contributed by atoms with Crippen LogP contribution in [0.3, 0.4) is 0 Å². The van der Waals surface area contributed by atoms with Crippen LogP contribution in [0.1, 0.15) is 26.3 Å². The molecule has 21 heavy (non-hydrogen) atoms. The topological polar surface area (TPSA) is 75.6 Å². The van der Waals surface area contributed by atoms with Crippen molar-refractivity contribution in [3.63, 3.8) is 0 Å².